The number of amides is 1. The first-order chi connectivity index (χ1) is 11.1. The molecule has 1 amide bonds. The molecule has 2 aromatic carbocycles. The fraction of sp³-hybridized carbons (Fsp3) is 0.222. The van der Waals surface area contributed by atoms with Crippen molar-refractivity contribution in [1.29, 1.82) is 0 Å². The van der Waals surface area contributed by atoms with Gasteiger partial charge in [-0.25, -0.2) is 0 Å². The highest BCUT2D eigenvalue weighted by Gasteiger charge is 2.49. The monoisotopic (exact) mass is 311 g/mol. The molecule has 1 aliphatic heterocycles. The Labute approximate surface area is 134 Å². The van der Waals surface area contributed by atoms with Crippen LogP contribution < -0.4 is 0 Å². The van der Waals surface area contributed by atoms with Crippen molar-refractivity contribution in [2.45, 2.75) is 18.7 Å². The number of rotatable bonds is 4. The molecule has 1 N–H and O–H groups in total. The van der Waals surface area contributed by atoms with Gasteiger partial charge in [-0.05, 0) is 11.6 Å². The molecule has 0 unspecified atom stereocenters. The van der Waals surface area contributed by atoms with Gasteiger partial charge < -0.3 is 14.7 Å². The number of fused-ring (bicyclic) bond motifs is 1. The molecular formula is C18H17NO4. The topological polar surface area (TPSA) is 66.8 Å². The number of hydrogen-bond acceptors (Lipinski definition) is 4. The number of ether oxygens (including phenoxy) is 1. The van der Waals surface area contributed by atoms with Crippen molar-refractivity contribution in [3.63, 3.8) is 0 Å². The van der Waals surface area contributed by atoms with Crippen LogP contribution in [-0.2, 0) is 21.8 Å². The predicted octanol–water partition coefficient (Wildman–Crippen LogP) is 2.05. The van der Waals surface area contributed by atoms with Gasteiger partial charge in [-0.3, -0.25) is 9.59 Å². The summed E-state index contributed by atoms with van der Waals surface area (Å²) < 4.78 is 4.69. The second kappa shape index (κ2) is 5.85. The first-order valence-corrected chi connectivity index (χ1v) is 7.31. The van der Waals surface area contributed by atoms with Crippen LogP contribution in [0.1, 0.15) is 27.9 Å². The second-order valence-corrected chi connectivity index (χ2v) is 5.49. The van der Waals surface area contributed by atoms with Gasteiger partial charge in [0, 0.05) is 17.7 Å². The Morgan fingerprint density at radius 3 is 2.48 bits per heavy atom. The molecule has 0 spiro atoms. The molecule has 5 heteroatoms. The van der Waals surface area contributed by atoms with E-state index >= 15 is 0 Å². The van der Waals surface area contributed by atoms with Crippen LogP contribution in [0.4, 0.5) is 0 Å². The van der Waals surface area contributed by atoms with Gasteiger partial charge in [-0.2, -0.15) is 0 Å². The normalized spacial score (nSPS) is 19.6. The Morgan fingerprint density at radius 2 is 1.78 bits per heavy atom. The number of aliphatic hydroxyl groups is 1. The maximum atomic E-state index is 12.7. The predicted molar refractivity (Wildman–Crippen MR) is 83.3 cm³/mol. The fourth-order valence-electron chi connectivity index (χ4n) is 2.91. The molecule has 3 rings (SSSR count). The van der Waals surface area contributed by atoms with E-state index in [1.807, 2.05) is 30.3 Å². The third kappa shape index (κ3) is 2.59. The minimum absolute atomic E-state index is 0.210. The van der Waals surface area contributed by atoms with Gasteiger partial charge in [0.15, 0.2) is 5.72 Å². The second-order valence-electron chi connectivity index (χ2n) is 5.49. The summed E-state index contributed by atoms with van der Waals surface area (Å²) >= 11 is 0. The number of nitrogens with zero attached hydrogens (tertiary/aromatic N) is 1. The van der Waals surface area contributed by atoms with E-state index in [4.69, 9.17) is 0 Å². The van der Waals surface area contributed by atoms with Crippen molar-refractivity contribution in [3.05, 3.63) is 71.3 Å². The Morgan fingerprint density at radius 1 is 1.13 bits per heavy atom. The zero-order valence-corrected chi connectivity index (χ0v) is 12.7. The molecule has 0 bridgehead atoms. The van der Waals surface area contributed by atoms with Gasteiger partial charge in [-0.1, -0.05) is 48.5 Å². The maximum absolute atomic E-state index is 12.7. The SMILES string of the molecule is COC(=O)C[C@]1(O)c2ccccc2C(=O)N1Cc1ccccc1. The standard InChI is InChI=1S/C18H17NO4/c1-23-16(20)11-18(22)15-10-6-5-9-14(15)17(21)19(18)12-13-7-3-2-4-8-13/h2-10,22H,11-12H2,1H3/t18-/m0/s1. The van der Waals surface area contributed by atoms with E-state index in [0.29, 0.717) is 11.1 Å². The number of methoxy groups -OCH3 is 1. The average Bonchev–Trinajstić information content (AvgIpc) is 2.78. The molecule has 0 radical (unpaired) electrons. The Hall–Kier alpha value is -2.66. The van der Waals surface area contributed by atoms with E-state index < -0.39 is 11.7 Å². The van der Waals surface area contributed by atoms with E-state index in [9.17, 15) is 14.7 Å². The van der Waals surface area contributed by atoms with Crippen LogP contribution in [0.15, 0.2) is 54.6 Å². The van der Waals surface area contributed by atoms with Crippen molar-refractivity contribution in [2.75, 3.05) is 7.11 Å². The number of carbonyl (C=O) groups is 2. The van der Waals surface area contributed by atoms with Crippen LogP contribution in [0, 0.1) is 0 Å². The van der Waals surface area contributed by atoms with Gasteiger partial charge in [0.05, 0.1) is 13.5 Å². The maximum Gasteiger partial charge on any atom is 0.310 e. The molecule has 2 aromatic rings. The smallest absolute Gasteiger partial charge is 0.310 e. The number of benzene rings is 2. The number of carbonyl (C=O) groups excluding carboxylic acids is 2. The van der Waals surface area contributed by atoms with Crippen LogP contribution in [-0.4, -0.2) is 29.0 Å². The third-order valence-corrected chi connectivity index (χ3v) is 4.08. The van der Waals surface area contributed by atoms with Crippen LogP contribution in [0.5, 0.6) is 0 Å². The Kier molecular flexibility index (Phi) is 3.88. The summed E-state index contributed by atoms with van der Waals surface area (Å²) in [6, 6.07) is 16.1. The highest BCUT2D eigenvalue weighted by Crippen LogP contribution is 2.40. The molecule has 1 aliphatic rings. The van der Waals surface area contributed by atoms with Crippen molar-refractivity contribution < 1.29 is 19.4 Å². The van der Waals surface area contributed by atoms with E-state index in [-0.39, 0.29) is 18.9 Å². The van der Waals surface area contributed by atoms with E-state index in [1.54, 1.807) is 24.3 Å². The molecule has 1 atom stereocenters. The van der Waals surface area contributed by atoms with Crippen molar-refractivity contribution in [2.24, 2.45) is 0 Å². The third-order valence-electron chi connectivity index (χ3n) is 4.08. The summed E-state index contributed by atoms with van der Waals surface area (Å²) in [7, 11) is 1.26. The Bertz CT molecular complexity index is 744. The minimum atomic E-state index is -1.70. The summed E-state index contributed by atoms with van der Waals surface area (Å²) in [6.45, 7) is 0.210. The summed E-state index contributed by atoms with van der Waals surface area (Å²) in [6.07, 6.45) is -0.306. The molecular weight excluding hydrogens is 294 g/mol. The van der Waals surface area contributed by atoms with Crippen LogP contribution in [0.3, 0.4) is 0 Å². The van der Waals surface area contributed by atoms with E-state index in [0.717, 1.165) is 5.56 Å². The molecule has 118 valence electrons. The first kappa shape index (κ1) is 15.2. The molecule has 1 heterocycles. The molecule has 0 fully saturated rings. The van der Waals surface area contributed by atoms with Crippen LogP contribution in [0.2, 0.25) is 0 Å². The van der Waals surface area contributed by atoms with Gasteiger partial charge in [0.25, 0.3) is 5.91 Å². The van der Waals surface area contributed by atoms with E-state index in [2.05, 4.69) is 4.74 Å². The molecule has 0 aromatic heterocycles. The fourth-order valence-corrected chi connectivity index (χ4v) is 2.91. The Balaban J connectivity index is 2.03. The lowest BCUT2D eigenvalue weighted by molar-refractivity contribution is -0.156. The number of hydrogen-bond donors (Lipinski definition) is 1. The van der Waals surface area contributed by atoms with Crippen molar-refractivity contribution in [3.8, 4) is 0 Å². The van der Waals surface area contributed by atoms with Gasteiger partial charge in [0.2, 0.25) is 0 Å². The highest BCUT2D eigenvalue weighted by atomic mass is 16.5. The molecule has 0 saturated heterocycles. The largest absolute Gasteiger partial charge is 0.469 e. The van der Waals surface area contributed by atoms with E-state index in [1.165, 1.54) is 12.0 Å². The van der Waals surface area contributed by atoms with Crippen LogP contribution >= 0.6 is 0 Å². The zero-order chi connectivity index (χ0) is 16.4. The van der Waals surface area contributed by atoms with Gasteiger partial charge >= 0.3 is 5.97 Å². The minimum Gasteiger partial charge on any atom is -0.469 e. The molecule has 23 heavy (non-hydrogen) atoms. The first-order valence-electron chi connectivity index (χ1n) is 7.31. The number of esters is 1. The average molecular weight is 311 g/mol. The lowest BCUT2D eigenvalue weighted by Crippen LogP contribution is -2.45. The van der Waals surface area contributed by atoms with Crippen LogP contribution in [0.25, 0.3) is 0 Å². The summed E-state index contributed by atoms with van der Waals surface area (Å²) in [5.41, 5.74) is 0.0227. The summed E-state index contributed by atoms with van der Waals surface area (Å²) in [5, 5.41) is 11.1. The van der Waals surface area contributed by atoms with Crippen molar-refractivity contribution in [1.82, 2.24) is 4.90 Å². The van der Waals surface area contributed by atoms with Gasteiger partial charge in [-0.15, -0.1) is 0 Å². The molecule has 0 aliphatic carbocycles. The molecule has 5 nitrogen and oxygen atoms in total. The van der Waals surface area contributed by atoms with Crippen molar-refractivity contribution >= 4 is 11.9 Å². The van der Waals surface area contributed by atoms with Gasteiger partial charge in [0.1, 0.15) is 0 Å². The highest BCUT2D eigenvalue weighted by molar-refractivity contribution is 6.00. The lowest BCUT2D eigenvalue weighted by Gasteiger charge is -2.33. The lowest BCUT2D eigenvalue weighted by atomic mass is 9.98. The summed E-state index contributed by atoms with van der Waals surface area (Å²) in [4.78, 5) is 25.8. The summed E-state index contributed by atoms with van der Waals surface area (Å²) in [5.74, 6) is -0.870. The molecule has 0 saturated carbocycles. The quantitative estimate of drug-likeness (QED) is 0.878. The zero-order valence-electron chi connectivity index (χ0n) is 12.7.